The van der Waals surface area contributed by atoms with E-state index in [1.165, 1.54) is 132 Å². The summed E-state index contributed by atoms with van der Waals surface area (Å²) in [4.78, 5) is 31.6. The van der Waals surface area contributed by atoms with E-state index >= 15 is 0 Å². The van der Waals surface area contributed by atoms with Crippen LogP contribution in [0.15, 0.2) is 242 Å². The zero-order valence-electron chi connectivity index (χ0n) is 68.9. The molecule has 0 saturated heterocycles. The Balaban J connectivity index is 0.000000101. The van der Waals surface area contributed by atoms with Crippen LogP contribution in [-0.4, -0.2) is 66.4 Å². The number of aryl methyl sites for hydroxylation is 14. The monoisotopic (exact) mass is 2310 g/mol. The minimum atomic E-state index is 0. The van der Waals surface area contributed by atoms with Gasteiger partial charge < -0.3 is 46.6 Å². The fourth-order valence-corrected chi connectivity index (χ4v) is 19.5. The SMILES string of the molecule is CN1C=CN(c2[c-]ccc3c2oc2ccccc23)[CH-]1.CN1C=CN(c2[c-]cccc2)[CH-]1.Cc1cccc(C)c1-c1c[c-]c2c(c1)c1cccc3c1n1c(c(C)nc21)CC3.Cc1nc2c3[c-]cccc3c3cccc4c3n2c1CC4.Cc1nc2c3[c-]cccc3c3cccc4c3n2c1CC4.Cc1nc2c3[c-]nccc3c3cccc4c3n2c1CC4.[Ir+3].[Ir+3].[Ir].[Ir]. The number of imidazole rings is 4. The van der Waals surface area contributed by atoms with Crippen LogP contribution in [0.25, 0.3) is 142 Å². The number of para-hydroxylation sites is 6. The molecular weight excluding hydrogens is 2230 g/mol. The molecule has 0 fully saturated rings. The molecule has 123 heavy (non-hydrogen) atoms. The summed E-state index contributed by atoms with van der Waals surface area (Å²) < 4.78 is 15.4. The second-order valence-electron chi connectivity index (χ2n) is 32.1. The summed E-state index contributed by atoms with van der Waals surface area (Å²) in [6.45, 7) is 16.9. The number of pyridine rings is 5. The first-order chi connectivity index (χ1) is 58.3. The number of anilines is 2. The maximum atomic E-state index is 5.99. The van der Waals surface area contributed by atoms with Crippen molar-refractivity contribution in [2.75, 3.05) is 23.9 Å². The Morgan fingerprint density at radius 1 is 0.358 bits per heavy atom. The Morgan fingerprint density at radius 3 is 1.26 bits per heavy atom. The Morgan fingerprint density at radius 2 is 0.780 bits per heavy atom. The molecule has 16 heterocycles. The topological polar surface area (TPSA) is 108 Å². The van der Waals surface area contributed by atoms with Gasteiger partial charge in [-0.05, 0) is 188 Å². The molecule has 0 aliphatic carbocycles. The first kappa shape index (κ1) is 82.4. The van der Waals surface area contributed by atoms with Gasteiger partial charge in [-0.2, -0.15) is 61.9 Å². The van der Waals surface area contributed by atoms with Gasteiger partial charge in [0.05, 0.1) is 22.6 Å². The Kier molecular flexibility index (Phi) is 22.3. The van der Waals surface area contributed by atoms with Crippen LogP contribution in [-0.2, 0) is 132 Å². The van der Waals surface area contributed by atoms with Crippen molar-refractivity contribution in [2.45, 2.75) is 92.9 Å². The van der Waals surface area contributed by atoms with Crippen LogP contribution in [0.4, 0.5) is 11.4 Å². The molecule has 0 unspecified atom stereocenters. The number of fused-ring (bicyclic) bond motifs is 15. The normalized spacial score (nSPS) is 13.6. The van der Waals surface area contributed by atoms with E-state index in [0.717, 1.165) is 152 Å². The summed E-state index contributed by atoms with van der Waals surface area (Å²) in [5.74, 6) is 0. The minimum Gasteiger partial charge on any atom is -0.514 e. The number of furan rings is 1. The largest absolute Gasteiger partial charge is 3.00 e. The van der Waals surface area contributed by atoms with Crippen LogP contribution < -0.4 is 9.80 Å². The van der Waals surface area contributed by atoms with Gasteiger partial charge in [0.1, 0.15) is 5.58 Å². The van der Waals surface area contributed by atoms with E-state index in [-0.39, 0.29) is 80.4 Å². The minimum absolute atomic E-state index is 0. The van der Waals surface area contributed by atoms with Gasteiger partial charge in [0.15, 0.2) is 0 Å². The van der Waals surface area contributed by atoms with Crippen molar-refractivity contribution in [3.63, 3.8) is 0 Å². The third-order valence-electron chi connectivity index (χ3n) is 24.9. The van der Waals surface area contributed by atoms with Crippen LogP contribution >= 0.6 is 0 Å². The van der Waals surface area contributed by atoms with Crippen molar-refractivity contribution in [3.05, 3.63) is 366 Å². The summed E-state index contributed by atoms with van der Waals surface area (Å²) in [6.07, 6.45) is 21.6. The number of benzene rings is 11. The van der Waals surface area contributed by atoms with Gasteiger partial charge in [-0.3, -0.25) is 19.9 Å². The van der Waals surface area contributed by atoms with E-state index in [9.17, 15) is 0 Å². The smallest absolute Gasteiger partial charge is 0.514 e. The Labute approximate surface area is 767 Å². The molecule has 0 spiro atoms. The van der Waals surface area contributed by atoms with E-state index in [4.69, 9.17) is 24.4 Å². The molecule has 14 nitrogen and oxygen atoms in total. The fourth-order valence-electron chi connectivity index (χ4n) is 19.5. The van der Waals surface area contributed by atoms with Crippen molar-refractivity contribution < 1.29 is 84.8 Å². The van der Waals surface area contributed by atoms with E-state index in [1.54, 1.807) is 0 Å². The summed E-state index contributed by atoms with van der Waals surface area (Å²) in [7, 11) is 3.99. The number of nitrogens with zero attached hydrogens (tertiary/aromatic N) is 13. The van der Waals surface area contributed by atoms with Gasteiger partial charge in [0, 0.05) is 119 Å². The molecule has 610 valence electrons. The summed E-state index contributed by atoms with van der Waals surface area (Å²) in [6, 6.07) is 88.9. The molecule has 10 aromatic heterocycles. The van der Waals surface area contributed by atoms with Gasteiger partial charge in [0.25, 0.3) is 0 Å². The van der Waals surface area contributed by atoms with Crippen LogP contribution in [0.3, 0.4) is 0 Å². The molecular formula is C105H81Ir4N13O-2. The van der Waals surface area contributed by atoms with Gasteiger partial charge in [-0.25, -0.2) is 0 Å². The van der Waals surface area contributed by atoms with Crippen LogP contribution in [0.1, 0.15) is 78.9 Å². The molecule has 0 amide bonds. The molecule has 18 heteroatoms. The molecule has 0 saturated carbocycles. The third kappa shape index (κ3) is 13.8. The number of rotatable bonds is 3. The molecule has 27 rings (SSSR count). The predicted molar refractivity (Wildman–Crippen MR) is 483 cm³/mol. The Bertz CT molecular complexity index is 7450. The third-order valence-corrected chi connectivity index (χ3v) is 24.9. The quantitative estimate of drug-likeness (QED) is 0.125. The second kappa shape index (κ2) is 33.3. The second-order valence-corrected chi connectivity index (χ2v) is 32.1. The van der Waals surface area contributed by atoms with Crippen molar-refractivity contribution in [2.24, 2.45) is 0 Å². The summed E-state index contributed by atoms with van der Waals surface area (Å²) in [5.41, 5.74) is 34.2. The maximum absolute atomic E-state index is 5.99. The van der Waals surface area contributed by atoms with E-state index in [0.29, 0.717) is 0 Å². The molecule has 2 radical (unpaired) electrons. The van der Waals surface area contributed by atoms with Gasteiger partial charge in [-0.15, -0.1) is 94.6 Å². The van der Waals surface area contributed by atoms with E-state index in [2.05, 4.69) is 240 Å². The molecule has 0 N–H and O–H groups in total. The average molecular weight is 2310 g/mol. The average Bonchev–Trinajstić information content (AvgIpc) is 1.64. The number of hydrogen-bond donors (Lipinski definition) is 0. The van der Waals surface area contributed by atoms with E-state index in [1.807, 2.05) is 145 Å². The number of hydrogen-bond acceptors (Lipinski definition) is 10. The first-order valence-corrected chi connectivity index (χ1v) is 41.1. The van der Waals surface area contributed by atoms with Crippen molar-refractivity contribution in [1.29, 1.82) is 0 Å². The summed E-state index contributed by atoms with van der Waals surface area (Å²) >= 11 is 0. The molecule has 6 aliphatic heterocycles. The maximum Gasteiger partial charge on any atom is 3.00 e. The summed E-state index contributed by atoms with van der Waals surface area (Å²) in [5, 5.41) is 16.9. The van der Waals surface area contributed by atoms with Gasteiger partial charge in [-0.1, -0.05) is 176 Å². The van der Waals surface area contributed by atoms with Gasteiger partial charge in [0.2, 0.25) is 0 Å². The Hall–Kier alpha value is -11.5. The molecule has 0 atom stereocenters. The predicted octanol–water partition coefficient (Wildman–Crippen LogP) is 22.6. The van der Waals surface area contributed by atoms with Crippen molar-refractivity contribution >= 4 is 143 Å². The zero-order chi connectivity index (χ0) is 80.0. The van der Waals surface area contributed by atoms with Crippen molar-refractivity contribution in [1.82, 2.24) is 52.3 Å². The van der Waals surface area contributed by atoms with Crippen LogP contribution in [0.2, 0.25) is 0 Å². The van der Waals surface area contributed by atoms with Crippen LogP contribution in [0, 0.1) is 91.4 Å². The molecule has 21 aromatic rings. The number of aromatic nitrogens is 9. The molecule has 11 aromatic carbocycles. The standard InChI is InChI=1S/C26H21N2.2C18H13N2.C17H12N3.C16H12N2O.C10H10N2.4Ir/c1-15-6-4-7-16(2)24(15)19-10-12-21-22(14-19)20-9-5-8-18-11-13-23-17(3)27-26(21)28(23)25(18)20;2*1-11-16-10-9-12-5-4-8-14-13-6-2-3-7-15(13)18(19-11)20(16)17(12)14;1-10-15-6-5-11-3-2-4-13-12-7-8-18-9-14(12)17(19-10)20(15)16(11)13;1-17-9-10-18(11-17)14-7-4-6-13-12-5-2-3-8-15(12)19-16(13)14;1-11-7-8-12(9-11)10-5-3-2-4-6-10;;;;/h4-10,14H,11,13H2,1-3H3;2*2-6,8H,9-10H2,1H3;2-4,7-8H,5-6H2,1H3;2-6,8-11H,1H3;2-5,7-9H,1H3;;;;/q4*-1;2*-2;;;2*+3. The fraction of sp³-hybridized carbons (Fsp3) is 0.152. The van der Waals surface area contributed by atoms with E-state index < -0.39 is 0 Å². The molecule has 6 aliphatic rings. The van der Waals surface area contributed by atoms with Crippen LogP contribution in [0.5, 0.6) is 0 Å². The van der Waals surface area contributed by atoms with Crippen molar-refractivity contribution in [3.8, 4) is 11.1 Å². The zero-order valence-corrected chi connectivity index (χ0v) is 78.5. The first-order valence-electron chi connectivity index (χ1n) is 41.1. The van der Waals surface area contributed by atoms with Gasteiger partial charge >= 0.3 is 40.2 Å². The molecule has 0 bridgehead atoms.